The van der Waals surface area contributed by atoms with Crippen molar-refractivity contribution in [2.75, 3.05) is 37.7 Å². The minimum atomic E-state index is 0.257. The van der Waals surface area contributed by atoms with Gasteiger partial charge in [0.2, 0.25) is 11.0 Å². The molecular formula is C19H30N4O2S. The predicted molar refractivity (Wildman–Crippen MR) is 103 cm³/mol. The highest BCUT2D eigenvalue weighted by atomic mass is 32.1. The molecule has 144 valence electrons. The number of rotatable bonds is 5. The van der Waals surface area contributed by atoms with Crippen molar-refractivity contribution in [3.8, 4) is 0 Å². The average Bonchev–Trinajstić information content (AvgIpc) is 3.32. The highest BCUT2D eigenvalue weighted by Crippen LogP contribution is 2.41. The number of anilines is 1. The molecule has 0 aliphatic carbocycles. The Morgan fingerprint density at radius 1 is 1.27 bits per heavy atom. The summed E-state index contributed by atoms with van der Waals surface area (Å²) >= 11 is 1.74. The number of ether oxygens (including phenoxy) is 1. The van der Waals surface area contributed by atoms with Crippen LogP contribution in [0.5, 0.6) is 0 Å². The number of piperidine rings is 2. The van der Waals surface area contributed by atoms with E-state index in [1.807, 2.05) is 0 Å². The van der Waals surface area contributed by atoms with Gasteiger partial charge in [-0.1, -0.05) is 18.3 Å². The lowest BCUT2D eigenvalue weighted by molar-refractivity contribution is -0.140. The van der Waals surface area contributed by atoms with Crippen molar-refractivity contribution in [1.29, 1.82) is 0 Å². The summed E-state index contributed by atoms with van der Waals surface area (Å²) < 4.78 is 5.76. The van der Waals surface area contributed by atoms with Crippen molar-refractivity contribution in [1.82, 2.24) is 15.1 Å². The monoisotopic (exact) mass is 378 g/mol. The second kappa shape index (κ2) is 7.80. The van der Waals surface area contributed by atoms with Crippen LogP contribution in [-0.4, -0.2) is 59.9 Å². The fourth-order valence-corrected chi connectivity index (χ4v) is 5.56. The molecule has 1 aromatic rings. The Labute approximate surface area is 159 Å². The van der Waals surface area contributed by atoms with Gasteiger partial charge in [-0.05, 0) is 43.9 Å². The van der Waals surface area contributed by atoms with Gasteiger partial charge in [-0.25, -0.2) is 0 Å². The van der Waals surface area contributed by atoms with Crippen LogP contribution in [0, 0.1) is 5.41 Å². The summed E-state index contributed by atoms with van der Waals surface area (Å²) in [4.78, 5) is 16.9. The Balaban J connectivity index is 1.35. The van der Waals surface area contributed by atoms with E-state index in [2.05, 4.69) is 26.9 Å². The van der Waals surface area contributed by atoms with Crippen LogP contribution < -0.4 is 4.90 Å². The van der Waals surface area contributed by atoms with Crippen LogP contribution in [0.3, 0.4) is 0 Å². The summed E-state index contributed by atoms with van der Waals surface area (Å²) in [5.41, 5.74) is 0.292. The van der Waals surface area contributed by atoms with Gasteiger partial charge < -0.3 is 14.5 Å². The minimum absolute atomic E-state index is 0.257. The Hall–Kier alpha value is -1.21. The molecule has 4 heterocycles. The summed E-state index contributed by atoms with van der Waals surface area (Å²) in [7, 11) is 0. The van der Waals surface area contributed by atoms with Crippen molar-refractivity contribution in [3.63, 3.8) is 0 Å². The van der Waals surface area contributed by atoms with Gasteiger partial charge in [-0.3, -0.25) is 4.79 Å². The van der Waals surface area contributed by atoms with Gasteiger partial charge in [-0.2, -0.15) is 0 Å². The summed E-state index contributed by atoms with van der Waals surface area (Å²) in [6, 6.07) is 0. The molecule has 0 bridgehead atoms. The third-order valence-electron chi connectivity index (χ3n) is 6.21. The Morgan fingerprint density at radius 3 is 2.85 bits per heavy atom. The molecule has 3 aliphatic heterocycles. The number of nitrogens with zero attached hydrogens (tertiary/aromatic N) is 4. The van der Waals surface area contributed by atoms with E-state index < -0.39 is 0 Å². The molecular weight excluding hydrogens is 348 g/mol. The predicted octanol–water partition coefficient (Wildman–Crippen LogP) is 2.88. The normalized spacial score (nSPS) is 26.0. The smallest absolute Gasteiger partial charge is 0.222 e. The highest BCUT2D eigenvalue weighted by Gasteiger charge is 2.42. The van der Waals surface area contributed by atoms with E-state index in [4.69, 9.17) is 4.74 Å². The molecule has 0 unspecified atom stereocenters. The zero-order valence-corrected chi connectivity index (χ0v) is 16.6. The van der Waals surface area contributed by atoms with Gasteiger partial charge in [0.05, 0.1) is 6.10 Å². The first kappa shape index (κ1) is 18.2. The Bertz CT molecular complexity index is 621. The standard InChI is InChI=1S/C19H30N4O2S/c1-2-4-16-20-21-18(26-16)22-10-8-19(9-11-22)7-6-17(24)23(14-19)13-15-5-3-12-25-15/h15H,2-14H2,1H3/t15-/m1/s1. The molecule has 1 aromatic heterocycles. The number of carbonyl (C=O) groups is 1. The number of likely N-dealkylation sites (tertiary alicyclic amines) is 1. The average molecular weight is 379 g/mol. The number of aryl methyl sites for hydroxylation is 1. The van der Waals surface area contributed by atoms with Crippen LogP contribution >= 0.6 is 11.3 Å². The number of aromatic nitrogens is 2. The molecule has 6 nitrogen and oxygen atoms in total. The second-order valence-electron chi connectivity index (χ2n) is 8.12. The van der Waals surface area contributed by atoms with Gasteiger partial charge in [0.25, 0.3) is 0 Å². The summed E-state index contributed by atoms with van der Waals surface area (Å²) in [5.74, 6) is 0.321. The van der Waals surface area contributed by atoms with E-state index >= 15 is 0 Å². The Morgan fingerprint density at radius 2 is 2.12 bits per heavy atom. The minimum Gasteiger partial charge on any atom is -0.376 e. The molecule has 1 atom stereocenters. The van der Waals surface area contributed by atoms with E-state index in [1.54, 1.807) is 11.3 Å². The lowest BCUT2D eigenvalue weighted by Crippen LogP contribution is -2.53. The molecule has 0 aromatic carbocycles. The Kier molecular flexibility index (Phi) is 5.45. The maximum absolute atomic E-state index is 12.4. The number of hydrogen-bond donors (Lipinski definition) is 0. The van der Waals surface area contributed by atoms with E-state index in [-0.39, 0.29) is 6.10 Å². The largest absolute Gasteiger partial charge is 0.376 e. The lowest BCUT2D eigenvalue weighted by Gasteiger charge is -2.47. The van der Waals surface area contributed by atoms with Crippen LogP contribution in [0.25, 0.3) is 0 Å². The lowest BCUT2D eigenvalue weighted by atomic mass is 9.72. The molecule has 0 radical (unpaired) electrons. The molecule has 26 heavy (non-hydrogen) atoms. The molecule has 3 saturated heterocycles. The van der Waals surface area contributed by atoms with E-state index in [9.17, 15) is 4.79 Å². The molecule has 3 fully saturated rings. The van der Waals surface area contributed by atoms with Gasteiger partial charge in [-0.15, -0.1) is 10.2 Å². The SMILES string of the molecule is CCCc1nnc(N2CCC3(CCC(=O)N(C[C@H]4CCCO4)C3)CC2)s1. The number of carbonyl (C=O) groups excluding carboxylic acids is 1. The van der Waals surface area contributed by atoms with Crippen LogP contribution in [0.4, 0.5) is 5.13 Å². The quantitative estimate of drug-likeness (QED) is 0.788. The van der Waals surface area contributed by atoms with Gasteiger partial charge in [0.1, 0.15) is 5.01 Å². The maximum Gasteiger partial charge on any atom is 0.222 e. The third kappa shape index (κ3) is 3.88. The first-order valence-corrected chi connectivity index (χ1v) is 11.0. The van der Waals surface area contributed by atoms with Crippen molar-refractivity contribution >= 4 is 22.4 Å². The van der Waals surface area contributed by atoms with E-state index in [0.717, 1.165) is 87.9 Å². The topological polar surface area (TPSA) is 58.6 Å². The van der Waals surface area contributed by atoms with E-state index in [1.165, 1.54) is 0 Å². The summed E-state index contributed by atoms with van der Waals surface area (Å²) in [6.07, 6.45) is 8.66. The molecule has 3 aliphatic rings. The molecule has 0 N–H and O–H groups in total. The van der Waals surface area contributed by atoms with E-state index in [0.29, 0.717) is 17.7 Å². The second-order valence-corrected chi connectivity index (χ2v) is 9.17. The molecule has 4 rings (SSSR count). The van der Waals surface area contributed by atoms with Crippen molar-refractivity contribution in [2.24, 2.45) is 5.41 Å². The number of amides is 1. The zero-order chi connectivity index (χ0) is 18.0. The van der Waals surface area contributed by atoms with Crippen LogP contribution in [0.1, 0.15) is 56.9 Å². The van der Waals surface area contributed by atoms with Gasteiger partial charge in [0, 0.05) is 45.6 Å². The van der Waals surface area contributed by atoms with Crippen molar-refractivity contribution in [2.45, 2.75) is 64.4 Å². The fourth-order valence-electron chi connectivity index (χ4n) is 4.57. The van der Waals surface area contributed by atoms with Crippen LogP contribution in [0.2, 0.25) is 0 Å². The first-order valence-electron chi connectivity index (χ1n) is 10.1. The van der Waals surface area contributed by atoms with Crippen molar-refractivity contribution < 1.29 is 9.53 Å². The number of hydrogen-bond acceptors (Lipinski definition) is 6. The molecule has 7 heteroatoms. The van der Waals surface area contributed by atoms with Crippen molar-refractivity contribution in [3.05, 3.63) is 5.01 Å². The third-order valence-corrected chi connectivity index (χ3v) is 7.25. The first-order chi connectivity index (χ1) is 12.7. The van der Waals surface area contributed by atoms with Gasteiger partial charge >= 0.3 is 0 Å². The molecule has 0 saturated carbocycles. The van der Waals surface area contributed by atoms with Crippen LogP contribution in [-0.2, 0) is 16.0 Å². The summed E-state index contributed by atoms with van der Waals surface area (Å²) in [5, 5.41) is 10.9. The van der Waals surface area contributed by atoms with Crippen LogP contribution in [0.15, 0.2) is 0 Å². The molecule has 1 amide bonds. The van der Waals surface area contributed by atoms with Gasteiger partial charge in [0.15, 0.2) is 0 Å². The zero-order valence-electron chi connectivity index (χ0n) is 15.8. The summed E-state index contributed by atoms with van der Waals surface area (Å²) in [6.45, 7) is 6.80. The molecule has 1 spiro atoms. The fraction of sp³-hybridized carbons (Fsp3) is 0.842. The maximum atomic E-state index is 12.4. The highest BCUT2D eigenvalue weighted by molar-refractivity contribution is 7.15.